The van der Waals surface area contributed by atoms with Crippen LogP contribution in [0, 0.1) is 0 Å². The number of alkyl halides is 1. The Kier molecular flexibility index (Phi) is 6.81. The third-order valence-corrected chi connectivity index (χ3v) is 2.36. The van der Waals surface area contributed by atoms with Crippen LogP contribution in [-0.4, -0.2) is 12.0 Å². The molecule has 1 heterocycles. The Morgan fingerprint density at radius 3 is 2.67 bits per heavy atom. The van der Waals surface area contributed by atoms with E-state index < -0.39 is 0 Å². The van der Waals surface area contributed by atoms with Crippen molar-refractivity contribution >= 4 is 28.1 Å². The van der Waals surface area contributed by atoms with Gasteiger partial charge in [0.25, 0.3) is 0 Å². The molecule has 2 nitrogen and oxygen atoms in total. The minimum atomic E-state index is 0.555. The highest BCUT2D eigenvalue weighted by atomic mass is 35.5. The number of hydrogen-bond acceptors (Lipinski definition) is 3. The number of nitrogens with zero attached hydrogens (tertiary/aromatic N) is 1. The molecule has 0 saturated heterocycles. The van der Waals surface area contributed by atoms with Gasteiger partial charge in [0.15, 0.2) is 5.13 Å². The van der Waals surface area contributed by atoms with Crippen molar-refractivity contribution in [3.05, 3.63) is 23.7 Å². The van der Waals surface area contributed by atoms with Crippen molar-refractivity contribution in [2.24, 2.45) is 0 Å². The van der Waals surface area contributed by atoms with Gasteiger partial charge in [-0.1, -0.05) is 6.08 Å². The Balaban J connectivity index is 0.000000354. The molecule has 0 fully saturated rings. The molecule has 0 aliphatic carbocycles. The van der Waals surface area contributed by atoms with Gasteiger partial charge >= 0.3 is 0 Å². The van der Waals surface area contributed by atoms with Gasteiger partial charge in [-0.15, -0.1) is 29.5 Å². The Bertz CT molecular complexity index is 204. The number of rotatable bonds is 2. The summed E-state index contributed by atoms with van der Waals surface area (Å²) in [4.78, 5) is 5.13. The summed E-state index contributed by atoms with van der Waals surface area (Å²) in [7, 11) is 1.84. The molecular weight excluding hydrogens is 192 g/mol. The Morgan fingerprint density at radius 2 is 2.42 bits per heavy atom. The SMILES string of the molecule is C=CC.CNc1ncc(CCl)s1. The molecule has 0 aromatic carbocycles. The fourth-order valence-electron chi connectivity index (χ4n) is 0.485. The molecule has 0 radical (unpaired) electrons. The van der Waals surface area contributed by atoms with E-state index in [1.165, 1.54) is 0 Å². The van der Waals surface area contributed by atoms with E-state index in [0.717, 1.165) is 10.0 Å². The maximum absolute atomic E-state index is 5.54. The minimum Gasteiger partial charge on any atom is -0.365 e. The van der Waals surface area contributed by atoms with E-state index in [1.807, 2.05) is 14.0 Å². The highest BCUT2D eigenvalue weighted by molar-refractivity contribution is 7.15. The highest BCUT2D eigenvalue weighted by Crippen LogP contribution is 2.18. The molecule has 1 N–H and O–H groups in total. The van der Waals surface area contributed by atoms with E-state index >= 15 is 0 Å². The lowest BCUT2D eigenvalue weighted by Gasteiger charge is -1.85. The number of anilines is 1. The predicted molar refractivity (Wildman–Crippen MR) is 57.1 cm³/mol. The van der Waals surface area contributed by atoms with E-state index in [2.05, 4.69) is 16.9 Å². The van der Waals surface area contributed by atoms with Crippen molar-refractivity contribution < 1.29 is 0 Å². The van der Waals surface area contributed by atoms with E-state index in [9.17, 15) is 0 Å². The van der Waals surface area contributed by atoms with Gasteiger partial charge in [0.2, 0.25) is 0 Å². The number of halogens is 1. The van der Waals surface area contributed by atoms with Gasteiger partial charge < -0.3 is 5.32 Å². The summed E-state index contributed by atoms with van der Waals surface area (Å²) in [6, 6.07) is 0. The van der Waals surface area contributed by atoms with E-state index in [-0.39, 0.29) is 0 Å². The van der Waals surface area contributed by atoms with Crippen LogP contribution in [0.25, 0.3) is 0 Å². The highest BCUT2D eigenvalue weighted by Gasteiger charge is 1.95. The molecule has 1 aromatic heterocycles. The van der Waals surface area contributed by atoms with Gasteiger partial charge in [-0.25, -0.2) is 4.98 Å². The van der Waals surface area contributed by atoms with Crippen molar-refractivity contribution in [2.45, 2.75) is 12.8 Å². The van der Waals surface area contributed by atoms with Crippen molar-refractivity contribution in [2.75, 3.05) is 12.4 Å². The Morgan fingerprint density at radius 1 is 1.83 bits per heavy atom. The summed E-state index contributed by atoms with van der Waals surface area (Å²) in [6.45, 7) is 5.25. The Labute approximate surface area is 82.3 Å². The standard InChI is InChI=1S/C5H7ClN2S.C3H6/c1-7-5-8-3-4(2-6)9-5;1-3-2/h3H,2H2,1H3,(H,7,8);3H,1H2,2H3. The average Bonchev–Trinajstić information content (AvgIpc) is 2.53. The van der Waals surface area contributed by atoms with Crippen molar-refractivity contribution in [1.29, 1.82) is 0 Å². The first-order valence-corrected chi connectivity index (χ1v) is 4.89. The Hall–Kier alpha value is -0.540. The van der Waals surface area contributed by atoms with E-state index in [1.54, 1.807) is 23.6 Å². The lowest BCUT2D eigenvalue weighted by molar-refractivity contribution is 1.34. The first-order valence-electron chi connectivity index (χ1n) is 3.54. The maximum atomic E-state index is 5.54. The summed E-state index contributed by atoms with van der Waals surface area (Å²) in [5.74, 6) is 0.555. The fraction of sp³-hybridized carbons (Fsp3) is 0.375. The van der Waals surface area contributed by atoms with Crippen LogP contribution in [0.2, 0.25) is 0 Å². The summed E-state index contributed by atoms with van der Waals surface area (Å²) < 4.78 is 0. The molecule has 0 spiro atoms. The molecule has 0 unspecified atom stereocenters. The van der Waals surface area contributed by atoms with Crippen LogP contribution in [0.5, 0.6) is 0 Å². The molecule has 0 bridgehead atoms. The van der Waals surface area contributed by atoms with Crippen LogP contribution in [0.4, 0.5) is 5.13 Å². The molecule has 1 aromatic rings. The third-order valence-electron chi connectivity index (χ3n) is 0.899. The van der Waals surface area contributed by atoms with Crippen molar-refractivity contribution in [3.8, 4) is 0 Å². The molecule has 0 saturated carbocycles. The zero-order valence-electron chi connectivity index (χ0n) is 7.30. The smallest absolute Gasteiger partial charge is 0.182 e. The molecule has 1 rings (SSSR count). The average molecular weight is 205 g/mol. The molecule has 0 atom stereocenters. The van der Waals surface area contributed by atoms with Gasteiger partial charge in [0, 0.05) is 18.1 Å². The lowest BCUT2D eigenvalue weighted by Crippen LogP contribution is -1.83. The second-order valence-corrected chi connectivity index (χ2v) is 3.31. The molecular formula is C8H13ClN2S. The van der Waals surface area contributed by atoms with Gasteiger partial charge in [0.05, 0.1) is 5.88 Å². The molecule has 0 aliphatic rings. The molecule has 4 heteroatoms. The number of allylic oxidation sites excluding steroid dienone is 1. The fourth-order valence-corrected chi connectivity index (χ4v) is 1.33. The number of hydrogen-bond donors (Lipinski definition) is 1. The molecule has 0 aliphatic heterocycles. The maximum Gasteiger partial charge on any atom is 0.182 e. The first kappa shape index (κ1) is 11.5. The monoisotopic (exact) mass is 204 g/mol. The summed E-state index contributed by atoms with van der Waals surface area (Å²) in [5, 5.41) is 3.85. The van der Waals surface area contributed by atoms with Gasteiger partial charge in [-0.3, -0.25) is 0 Å². The van der Waals surface area contributed by atoms with Gasteiger partial charge in [0.1, 0.15) is 0 Å². The van der Waals surface area contributed by atoms with Crippen LogP contribution in [0.3, 0.4) is 0 Å². The normalized spacial score (nSPS) is 8.25. The van der Waals surface area contributed by atoms with Crippen LogP contribution >= 0.6 is 22.9 Å². The van der Waals surface area contributed by atoms with Crippen LogP contribution < -0.4 is 5.32 Å². The number of nitrogens with one attached hydrogen (secondary N) is 1. The van der Waals surface area contributed by atoms with Crippen LogP contribution in [0.1, 0.15) is 11.8 Å². The third kappa shape index (κ3) is 4.36. The lowest BCUT2D eigenvalue weighted by atomic mass is 10.6. The molecule has 0 amide bonds. The van der Waals surface area contributed by atoms with Gasteiger partial charge in [-0.2, -0.15) is 0 Å². The van der Waals surface area contributed by atoms with Crippen molar-refractivity contribution in [3.63, 3.8) is 0 Å². The number of thiazole rings is 1. The summed E-state index contributed by atoms with van der Waals surface area (Å²) in [6.07, 6.45) is 3.53. The quantitative estimate of drug-likeness (QED) is 0.592. The van der Waals surface area contributed by atoms with E-state index in [0.29, 0.717) is 5.88 Å². The zero-order chi connectivity index (χ0) is 9.40. The second kappa shape index (κ2) is 7.13. The predicted octanol–water partition coefficient (Wildman–Crippen LogP) is 3.12. The second-order valence-electron chi connectivity index (χ2n) is 1.92. The first-order chi connectivity index (χ1) is 5.78. The number of aromatic nitrogens is 1. The topological polar surface area (TPSA) is 24.9 Å². The summed E-state index contributed by atoms with van der Waals surface area (Å²) in [5.41, 5.74) is 0. The van der Waals surface area contributed by atoms with E-state index in [4.69, 9.17) is 11.6 Å². The summed E-state index contributed by atoms with van der Waals surface area (Å²) >= 11 is 7.12. The molecule has 68 valence electrons. The van der Waals surface area contributed by atoms with Crippen molar-refractivity contribution in [1.82, 2.24) is 4.98 Å². The minimum absolute atomic E-state index is 0.555. The largest absolute Gasteiger partial charge is 0.365 e. The molecule has 12 heavy (non-hydrogen) atoms. The van der Waals surface area contributed by atoms with Crippen LogP contribution in [0.15, 0.2) is 18.9 Å². The van der Waals surface area contributed by atoms with Crippen LogP contribution in [-0.2, 0) is 5.88 Å². The van der Waals surface area contributed by atoms with Gasteiger partial charge in [-0.05, 0) is 6.92 Å². The zero-order valence-corrected chi connectivity index (χ0v) is 8.87.